The second-order valence-electron chi connectivity index (χ2n) is 5.39. The van der Waals surface area contributed by atoms with E-state index >= 15 is 0 Å². The Morgan fingerprint density at radius 1 is 1.23 bits per heavy atom. The fourth-order valence-electron chi connectivity index (χ4n) is 2.57. The molecule has 120 valence electrons. The van der Waals surface area contributed by atoms with Crippen molar-refractivity contribution in [2.45, 2.75) is 12.8 Å². The van der Waals surface area contributed by atoms with Crippen molar-refractivity contribution >= 4 is 17.5 Å². The molecule has 0 radical (unpaired) electrons. The SMILES string of the molecule is COc1ccc(CCC(=O)N2CCN(C/C=C/Cl)CC2)cc1. The maximum absolute atomic E-state index is 12.3. The van der Waals surface area contributed by atoms with Gasteiger partial charge in [-0.25, -0.2) is 0 Å². The summed E-state index contributed by atoms with van der Waals surface area (Å²) in [6, 6.07) is 7.90. The van der Waals surface area contributed by atoms with Crippen molar-refractivity contribution in [2.75, 3.05) is 39.8 Å². The van der Waals surface area contributed by atoms with E-state index in [1.165, 1.54) is 5.56 Å². The molecular weight excluding hydrogens is 300 g/mol. The molecule has 2 rings (SSSR count). The van der Waals surface area contributed by atoms with Crippen molar-refractivity contribution in [3.8, 4) is 5.75 Å². The Morgan fingerprint density at radius 3 is 2.50 bits per heavy atom. The molecule has 0 aromatic heterocycles. The molecule has 5 heteroatoms. The van der Waals surface area contributed by atoms with Crippen molar-refractivity contribution in [3.63, 3.8) is 0 Å². The van der Waals surface area contributed by atoms with Gasteiger partial charge in [0.25, 0.3) is 0 Å². The number of hydrogen-bond acceptors (Lipinski definition) is 3. The standard InChI is InChI=1S/C17H23ClN2O2/c1-22-16-6-3-15(4-7-16)5-8-17(21)20-13-11-19(12-14-20)10-2-9-18/h2-4,6-7,9H,5,8,10-14H2,1H3/b9-2+. The summed E-state index contributed by atoms with van der Waals surface area (Å²) < 4.78 is 5.14. The molecule has 0 unspecified atom stereocenters. The molecule has 0 aliphatic carbocycles. The molecule has 1 saturated heterocycles. The summed E-state index contributed by atoms with van der Waals surface area (Å²) in [5.41, 5.74) is 2.71. The van der Waals surface area contributed by atoms with Crippen LogP contribution in [0.2, 0.25) is 0 Å². The van der Waals surface area contributed by atoms with Gasteiger partial charge in [-0.1, -0.05) is 29.8 Å². The van der Waals surface area contributed by atoms with Crippen LogP contribution in [0.3, 0.4) is 0 Å². The predicted molar refractivity (Wildman–Crippen MR) is 89.3 cm³/mol. The van der Waals surface area contributed by atoms with E-state index in [-0.39, 0.29) is 5.91 Å². The molecule has 1 aromatic carbocycles. The largest absolute Gasteiger partial charge is 0.497 e. The van der Waals surface area contributed by atoms with Crippen LogP contribution in [0.4, 0.5) is 0 Å². The Kier molecular flexibility index (Phi) is 6.74. The highest BCUT2D eigenvalue weighted by Gasteiger charge is 2.19. The lowest BCUT2D eigenvalue weighted by Gasteiger charge is -2.34. The Labute approximate surface area is 137 Å². The molecule has 1 aromatic rings. The Balaban J connectivity index is 1.73. The number of piperazine rings is 1. The Morgan fingerprint density at radius 2 is 1.91 bits per heavy atom. The predicted octanol–water partition coefficient (Wildman–Crippen LogP) is 2.52. The minimum atomic E-state index is 0.239. The lowest BCUT2D eigenvalue weighted by atomic mass is 10.1. The molecule has 0 bridgehead atoms. The first-order chi connectivity index (χ1) is 10.7. The zero-order chi connectivity index (χ0) is 15.8. The lowest BCUT2D eigenvalue weighted by Crippen LogP contribution is -2.48. The normalized spacial score (nSPS) is 16.2. The number of carbonyl (C=O) groups is 1. The summed E-state index contributed by atoms with van der Waals surface area (Å²) in [5, 5.41) is 0. The number of amides is 1. The Hall–Kier alpha value is -1.52. The van der Waals surface area contributed by atoms with E-state index in [2.05, 4.69) is 4.90 Å². The van der Waals surface area contributed by atoms with E-state index in [0.717, 1.165) is 44.9 Å². The first-order valence-electron chi connectivity index (χ1n) is 7.61. The van der Waals surface area contributed by atoms with Gasteiger partial charge in [0.1, 0.15) is 5.75 Å². The van der Waals surface area contributed by atoms with E-state index < -0.39 is 0 Å². The van der Waals surface area contributed by atoms with Crippen molar-refractivity contribution < 1.29 is 9.53 Å². The molecule has 1 fully saturated rings. The third-order valence-corrected chi connectivity index (χ3v) is 4.14. The van der Waals surface area contributed by atoms with Crippen LogP contribution in [0.25, 0.3) is 0 Å². The number of nitrogens with zero attached hydrogens (tertiary/aromatic N) is 2. The molecule has 1 aliphatic heterocycles. The van der Waals surface area contributed by atoms with Crippen LogP contribution < -0.4 is 4.74 Å². The number of ether oxygens (including phenoxy) is 1. The van der Waals surface area contributed by atoms with Crippen molar-refractivity contribution in [2.24, 2.45) is 0 Å². The molecule has 4 nitrogen and oxygen atoms in total. The van der Waals surface area contributed by atoms with Crippen LogP contribution in [0.15, 0.2) is 35.9 Å². The second kappa shape index (κ2) is 8.81. The lowest BCUT2D eigenvalue weighted by molar-refractivity contribution is -0.132. The first kappa shape index (κ1) is 16.8. The summed E-state index contributed by atoms with van der Waals surface area (Å²) >= 11 is 5.54. The minimum Gasteiger partial charge on any atom is -0.497 e. The van der Waals surface area contributed by atoms with E-state index in [0.29, 0.717) is 6.42 Å². The minimum absolute atomic E-state index is 0.239. The molecule has 0 atom stereocenters. The summed E-state index contributed by atoms with van der Waals surface area (Å²) in [7, 11) is 1.65. The van der Waals surface area contributed by atoms with Crippen LogP contribution in [0, 0.1) is 0 Å². The molecule has 0 spiro atoms. The average molecular weight is 323 g/mol. The van der Waals surface area contributed by atoms with Gasteiger partial charge in [-0.15, -0.1) is 0 Å². The number of aryl methyl sites for hydroxylation is 1. The number of benzene rings is 1. The number of methoxy groups -OCH3 is 1. The first-order valence-corrected chi connectivity index (χ1v) is 8.05. The van der Waals surface area contributed by atoms with Gasteiger partial charge in [0.2, 0.25) is 5.91 Å². The smallest absolute Gasteiger partial charge is 0.222 e. The average Bonchev–Trinajstić information content (AvgIpc) is 2.58. The number of carbonyl (C=O) groups excluding carboxylic acids is 1. The topological polar surface area (TPSA) is 32.8 Å². The van der Waals surface area contributed by atoms with Gasteiger partial charge in [-0.2, -0.15) is 0 Å². The molecule has 1 heterocycles. The van der Waals surface area contributed by atoms with Crippen LogP contribution in [0.5, 0.6) is 5.75 Å². The van der Waals surface area contributed by atoms with Crippen molar-refractivity contribution in [1.82, 2.24) is 9.80 Å². The van der Waals surface area contributed by atoms with Crippen LogP contribution in [0.1, 0.15) is 12.0 Å². The van der Waals surface area contributed by atoms with Crippen LogP contribution in [-0.4, -0.2) is 55.5 Å². The van der Waals surface area contributed by atoms with E-state index in [9.17, 15) is 4.79 Å². The van der Waals surface area contributed by atoms with Gasteiger partial charge >= 0.3 is 0 Å². The van der Waals surface area contributed by atoms with Crippen LogP contribution >= 0.6 is 11.6 Å². The maximum atomic E-state index is 12.3. The van der Waals surface area contributed by atoms with Gasteiger partial charge in [-0.05, 0) is 24.1 Å². The third-order valence-electron chi connectivity index (χ3n) is 3.96. The fraction of sp³-hybridized carbons (Fsp3) is 0.471. The number of rotatable bonds is 6. The molecular formula is C17H23ClN2O2. The van der Waals surface area contributed by atoms with Gasteiger partial charge in [0.05, 0.1) is 7.11 Å². The van der Waals surface area contributed by atoms with Gasteiger partial charge < -0.3 is 9.64 Å². The zero-order valence-electron chi connectivity index (χ0n) is 13.0. The Bertz CT molecular complexity index is 494. The van der Waals surface area contributed by atoms with Gasteiger partial charge in [0, 0.05) is 44.7 Å². The molecule has 0 N–H and O–H groups in total. The maximum Gasteiger partial charge on any atom is 0.222 e. The van der Waals surface area contributed by atoms with Crippen molar-refractivity contribution in [3.05, 3.63) is 41.4 Å². The molecule has 0 saturated carbocycles. The van der Waals surface area contributed by atoms with E-state index in [1.807, 2.05) is 35.2 Å². The second-order valence-corrected chi connectivity index (χ2v) is 5.64. The highest BCUT2D eigenvalue weighted by Crippen LogP contribution is 2.13. The summed E-state index contributed by atoms with van der Waals surface area (Å²) in [4.78, 5) is 16.5. The monoisotopic (exact) mass is 322 g/mol. The number of halogens is 1. The van der Waals surface area contributed by atoms with Crippen LogP contribution in [-0.2, 0) is 11.2 Å². The zero-order valence-corrected chi connectivity index (χ0v) is 13.8. The summed E-state index contributed by atoms with van der Waals surface area (Å²) in [6.07, 6.45) is 3.27. The van der Waals surface area contributed by atoms with Crippen molar-refractivity contribution in [1.29, 1.82) is 0 Å². The highest BCUT2D eigenvalue weighted by atomic mass is 35.5. The molecule has 1 amide bonds. The van der Waals surface area contributed by atoms with Gasteiger partial charge in [-0.3, -0.25) is 9.69 Å². The van der Waals surface area contributed by atoms with Gasteiger partial charge in [0.15, 0.2) is 0 Å². The summed E-state index contributed by atoms with van der Waals surface area (Å²) in [6.45, 7) is 4.29. The highest BCUT2D eigenvalue weighted by molar-refractivity contribution is 6.25. The third kappa shape index (κ3) is 5.04. The molecule has 1 aliphatic rings. The summed E-state index contributed by atoms with van der Waals surface area (Å²) in [5.74, 6) is 1.08. The quantitative estimate of drug-likeness (QED) is 0.807. The van der Waals surface area contributed by atoms with E-state index in [4.69, 9.17) is 16.3 Å². The molecule has 22 heavy (non-hydrogen) atoms. The van der Waals surface area contributed by atoms with E-state index in [1.54, 1.807) is 12.6 Å². The fourth-order valence-corrected chi connectivity index (χ4v) is 2.65. The number of hydrogen-bond donors (Lipinski definition) is 0.